The molecular weight excluding hydrogens is 240 g/mol. The van der Waals surface area contributed by atoms with E-state index in [1.807, 2.05) is 7.11 Å². The molecule has 2 atom stereocenters. The quantitative estimate of drug-likeness (QED) is 0.733. The number of hydrogen-bond acceptors (Lipinski definition) is 4. The van der Waals surface area contributed by atoms with E-state index in [1.54, 1.807) is 0 Å². The molecule has 2 aliphatic rings. The molecule has 0 bridgehead atoms. The maximum Gasteiger partial charge on any atom is 0.0611 e. The van der Waals surface area contributed by atoms with Crippen molar-refractivity contribution < 1.29 is 9.84 Å². The second-order valence-corrected chi connectivity index (χ2v) is 6.66. The molecule has 1 heterocycles. The van der Waals surface area contributed by atoms with Gasteiger partial charge in [0.25, 0.3) is 0 Å². The first kappa shape index (κ1) is 15.2. The first-order valence-corrected chi connectivity index (χ1v) is 7.72. The molecule has 2 unspecified atom stereocenters. The van der Waals surface area contributed by atoms with Gasteiger partial charge < -0.3 is 20.1 Å². The summed E-state index contributed by atoms with van der Waals surface area (Å²) in [6.07, 6.45) is 6.25. The summed E-state index contributed by atoms with van der Waals surface area (Å²) in [5.74, 6) is 0. The van der Waals surface area contributed by atoms with E-state index >= 15 is 0 Å². The van der Waals surface area contributed by atoms with Gasteiger partial charge in [0.15, 0.2) is 0 Å². The highest BCUT2D eigenvalue weighted by Crippen LogP contribution is 2.26. The van der Waals surface area contributed by atoms with Gasteiger partial charge in [-0.1, -0.05) is 0 Å². The first-order valence-electron chi connectivity index (χ1n) is 7.72. The number of aliphatic hydroxyl groups is 1. The predicted molar refractivity (Wildman–Crippen MR) is 77.3 cm³/mol. The van der Waals surface area contributed by atoms with Crippen LogP contribution in [0.4, 0.5) is 0 Å². The smallest absolute Gasteiger partial charge is 0.0611 e. The first-order chi connectivity index (χ1) is 9.06. The molecule has 1 aliphatic heterocycles. The molecule has 2 rings (SSSR count). The Morgan fingerprint density at radius 3 is 2.42 bits per heavy atom. The van der Waals surface area contributed by atoms with Crippen molar-refractivity contribution in [3.05, 3.63) is 0 Å². The van der Waals surface area contributed by atoms with E-state index in [1.165, 1.54) is 12.8 Å². The largest absolute Gasteiger partial charge is 0.394 e. The highest BCUT2D eigenvalue weighted by atomic mass is 16.5. The molecule has 0 spiro atoms. The van der Waals surface area contributed by atoms with Gasteiger partial charge in [-0.15, -0.1) is 0 Å². The number of piperidine rings is 1. The third-order valence-corrected chi connectivity index (χ3v) is 4.66. The Balaban J connectivity index is 1.80. The molecule has 2 fully saturated rings. The molecule has 2 N–H and O–H groups in total. The number of nitrogens with one attached hydrogen (secondary N) is 1. The molecule has 0 amide bonds. The van der Waals surface area contributed by atoms with Crippen molar-refractivity contribution in [1.29, 1.82) is 0 Å². The number of methoxy groups -OCH3 is 1. The Morgan fingerprint density at radius 2 is 1.95 bits per heavy atom. The van der Waals surface area contributed by atoms with E-state index in [0.29, 0.717) is 18.2 Å². The van der Waals surface area contributed by atoms with Gasteiger partial charge in [0.05, 0.1) is 12.7 Å². The van der Waals surface area contributed by atoms with Gasteiger partial charge in [-0.25, -0.2) is 0 Å². The van der Waals surface area contributed by atoms with E-state index < -0.39 is 0 Å². The van der Waals surface area contributed by atoms with E-state index in [4.69, 9.17) is 4.74 Å². The van der Waals surface area contributed by atoms with Crippen molar-refractivity contribution >= 4 is 0 Å². The Labute approximate surface area is 117 Å². The Morgan fingerprint density at radius 1 is 1.32 bits per heavy atom. The second-order valence-electron chi connectivity index (χ2n) is 6.66. The number of nitrogens with zero attached hydrogens (tertiary/aromatic N) is 1. The van der Waals surface area contributed by atoms with Gasteiger partial charge in [-0.3, -0.25) is 0 Å². The van der Waals surface area contributed by atoms with Crippen LogP contribution in [0.2, 0.25) is 0 Å². The Bertz CT molecular complexity index is 275. The van der Waals surface area contributed by atoms with Crippen molar-refractivity contribution in [1.82, 2.24) is 10.2 Å². The van der Waals surface area contributed by atoms with Gasteiger partial charge in [-0.05, 0) is 46.0 Å². The zero-order valence-corrected chi connectivity index (χ0v) is 12.7. The molecule has 0 aromatic carbocycles. The van der Waals surface area contributed by atoms with Gasteiger partial charge >= 0.3 is 0 Å². The van der Waals surface area contributed by atoms with Crippen molar-refractivity contribution in [3.8, 4) is 0 Å². The number of hydrogen-bond donors (Lipinski definition) is 2. The minimum absolute atomic E-state index is 0.126. The zero-order valence-electron chi connectivity index (χ0n) is 12.7. The third-order valence-electron chi connectivity index (χ3n) is 4.66. The number of rotatable bonds is 7. The molecule has 0 aromatic heterocycles. The normalized spacial score (nSPS) is 27.2. The minimum atomic E-state index is -0.126. The summed E-state index contributed by atoms with van der Waals surface area (Å²) >= 11 is 0. The monoisotopic (exact) mass is 270 g/mol. The average Bonchev–Trinajstić information content (AvgIpc) is 3.22. The van der Waals surface area contributed by atoms with E-state index in [2.05, 4.69) is 24.1 Å². The van der Waals surface area contributed by atoms with E-state index in [9.17, 15) is 5.11 Å². The van der Waals surface area contributed by atoms with Crippen LogP contribution in [0.25, 0.3) is 0 Å². The zero-order chi connectivity index (χ0) is 13.9. The summed E-state index contributed by atoms with van der Waals surface area (Å²) in [7, 11) is 1.81. The van der Waals surface area contributed by atoms with E-state index in [-0.39, 0.29) is 12.1 Å². The molecule has 1 saturated heterocycles. The van der Waals surface area contributed by atoms with Crippen LogP contribution in [0.3, 0.4) is 0 Å². The summed E-state index contributed by atoms with van der Waals surface area (Å²) in [4.78, 5) is 2.54. The molecule has 19 heavy (non-hydrogen) atoms. The molecule has 112 valence electrons. The summed E-state index contributed by atoms with van der Waals surface area (Å²) in [6.45, 7) is 6.90. The predicted octanol–water partition coefficient (Wildman–Crippen LogP) is 1.38. The molecule has 4 heteroatoms. The van der Waals surface area contributed by atoms with Crippen molar-refractivity contribution in [2.75, 3.05) is 26.8 Å². The van der Waals surface area contributed by atoms with Crippen LogP contribution in [0.15, 0.2) is 0 Å². The SMILES string of the molecule is COC1CCN(C(C)CC(C)(CO)NC2CC2)CC1. The van der Waals surface area contributed by atoms with Crippen LogP contribution in [-0.4, -0.2) is 60.5 Å². The maximum absolute atomic E-state index is 9.69. The molecule has 1 aliphatic carbocycles. The highest BCUT2D eigenvalue weighted by Gasteiger charge is 2.34. The Kier molecular flexibility index (Phi) is 5.23. The molecule has 4 nitrogen and oxygen atoms in total. The number of likely N-dealkylation sites (tertiary alicyclic amines) is 1. The summed E-state index contributed by atoms with van der Waals surface area (Å²) in [6, 6.07) is 1.16. The van der Waals surface area contributed by atoms with Crippen LogP contribution in [-0.2, 0) is 4.74 Å². The average molecular weight is 270 g/mol. The maximum atomic E-state index is 9.69. The summed E-state index contributed by atoms with van der Waals surface area (Å²) in [5.41, 5.74) is -0.126. The number of ether oxygens (including phenoxy) is 1. The van der Waals surface area contributed by atoms with Gasteiger partial charge in [0, 0.05) is 37.8 Å². The molecule has 1 saturated carbocycles. The number of aliphatic hydroxyl groups excluding tert-OH is 1. The highest BCUT2D eigenvalue weighted by molar-refractivity contribution is 4.94. The fourth-order valence-corrected chi connectivity index (χ4v) is 3.22. The molecule has 0 radical (unpaired) electrons. The van der Waals surface area contributed by atoms with Crippen molar-refractivity contribution in [2.24, 2.45) is 0 Å². The third kappa shape index (κ3) is 4.42. The summed E-state index contributed by atoms with van der Waals surface area (Å²) < 4.78 is 5.42. The lowest BCUT2D eigenvalue weighted by atomic mass is 9.92. The van der Waals surface area contributed by atoms with Crippen molar-refractivity contribution in [2.45, 2.75) is 69.7 Å². The van der Waals surface area contributed by atoms with Crippen LogP contribution in [0.5, 0.6) is 0 Å². The summed E-state index contributed by atoms with van der Waals surface area (Å²) in [5, 5.41) is 13.3. The molecule has 0 aromatic rings. The van der Waals surface area contributed by atoms with Crippen molar-refractivity contribution in [3.63, 3.8) is 0 Å². The standard InChI is InChI=1S/C15H30N2O2/c1-12(17-8-6-14(19-3)7-9-17)10-15(2,11-18)16-13-4-5-13/h12-14,16,18H,4-11H2,1-3H3. The molecular formula is C15H30N2O2. The lowest BCUT2D eigenvalue weighted by Gasteiger charge is -2.40. The van der Waals surface area contributed by atoms with E-state index in [0.717, 1.165) is 32.4 Å². The van der Waals surface area contributed by atoms with Gasteiger partial charge in [-0.2, -0.15) is 0 Å². The van der Waals surface area contributed by atoms with Crippen LogP contribution in [0.1, 0.15) is 46.0 Å². The fraction of sp³-hybridized carbons (Fsp3) is 1.00. The topological polar surface area (TPSA) is 44.7 Å². The van der Waals surface area contributed by atoms with Crippen LogP contribution in [0, 0.1) is 0 Å². The Hall–Kier alpha value is -0.160. The second kappa shape index (κ2) is 6.53. The van der Waals surface area contributed by atoms with Crippen LogP contribution < -0.4 is 5.32 Å². The lowest BCUT2D eigenvalue weighted by Crippen LogP contribution is -2.52. The van der Waals surface area contributed by atoms with Gasteiger partial charge in [0.2, 0.25) is 0 Å². The van der Waals surface area contributed by atoms with Gasteiger partial charge in [0.1, 0.15) is 0 Å². The van der Waals surface area contributed by atoms with Crippen LogP contribution >= 0.6 is 0 Å². The lowest BCUT2D eigenvalue weighted by molar-refractivity contribution is 0.0211. The fourth-order valence-electron chi connectivity index (χ4n) is 3.22. The minimum Gasteiger partial charge on any atom is -0.394 e.